The molecule has 7 heteroatoms. The highest BCUT2D eigenvalue weighted by atomic mass is 79.9. The highest BCUT2D eigenvalue weighted by Gasteiger charge is 2.34. The number of halogens is 1. The van der Waals surface area contributed by atoms with E-state index in [0.717, 1.165) is 0 Å². The summed E-state index contributed by atoms with van der Waals surface area (Å²) in [6, 6.07) is 1.57. The van der Waals surface area contributed by atoms with Gasteiger partial charge < -0.3 is 15.2 Å². The Balaban J connectivity index is 2.00. The number of carbonyl (C=O) groups excluding carboxylic acids is 2. The molecule has 0 atom stereocenters. The predicted octanol–water partition coefficient (Wildman–Crippen LogP) is 1.03. The molecule has 0 aromatic carbocycles. The lowest BCUT2D eigenvalue weighted by atomic mass is 9.99. The normalized spacial score (nSPS) is 14.6. The maximum absolute atomic E-state index is 12.0. The van der Waals surface area contributed by atoms with Gasteiger partial charge in [0.2, 0.25) is 11.8 Å². The third-order valence-corrected chi connectivity index (χ3v) is 3.78. The summed E-state index contributed by atoms with van der Waals surface area (Å²) in [6.45, 7) is 5.88. The van der Waals surface area contributed by atoms with Crippen molar-refractivity contribution in [3.8, 4) is 0 Å². The van der Waals surface area contributed by atoms with Gasteiger partial charge in [0.1, 0.15) is 0 Å². The van der Waals surface area contributed by atoms with Crippen LogP contribution in [-0.2, 0) is 9.59 Å². The number of aromatic nitrogens is 1. The van der Waals surface area contributed by atoms with Gasteiger partial charge in [0.25, 0.3) is 5.56 Å². The van der Waals surface area contributed by atoms with Crippen LogP contribution in [0.1, 0.15) is 5.69 Å². The van der Waals surface area contributed by atoms with Crippen LogP contribution in [0, 0.1) is 12.8 Å². The monoisotopic (exact) mass is 339 g/mol. The van der Waals surface area contributed by atoms with Crippen LogP contribution in [0.25, 0.3) is 0 Å². The minimum atomic E-state index is -0.244. The molecular weight excluding hydrogens is 326 g/mol. The molecular formula is C13H14BrN3O3. The van der Waals surface area contributed by atoms with Crippen molar-refractivity contribution in [3.05, 3.63) is 39.2 Å². The van der Waals surface area contributed by atoms with Gasteiger partial charge in [0, 0.05) is 18.8 Å². The van der Waals surface area contributed by atoms with E-state index in [1.165, 1.54) is 6.08 Å². The largest absolute Gasteiger partial charge is 0.337 e. The topological polar surface area (TPSA) is 82.3 Å². The van der Waals surface area contributed by atoms with E-state index >= 15 is 0 Å². The predicted molar refractivity (Wildman–Crippen MR) is 78.4 cm³/mol. The Kier molecular flexibility index (Phi) is 4.08. The molecule has 1 fully saturated rings. The molecule has 2 N–H and O–H groups in total. The summed E-state index contributed by atoms with van der Waals surface area (Å²) in [5, 5.41) is 2.75. The van der Waals surface area contributed by atoms with Crippen molar-refractivity contribution in [1.29, 1.82) is 0 Å². The summed E-state index contributed by atoms with van der Waals surface area (Å²) < 4.78 is 0.357. The number of pyridine rings is 1. The van der Waals surface area contributed by atoms with Crippen molar-refractivity contribution in [2.75, 3.05) is 18.4 Å². The third-order valence-electron chi connectivity index (χ3n) is 3.19. The summed E-state index contributed by atoms with van der Waals surface area (Å²) in [5.74, 6) is -0.568. The lowest BCUT2D eigenvalue weighted by Gasteiger charge is -2.37. The molecule has 1 aliphatic rings. The van der Waals surface area contributed by atoms with E-state index in [1.54, 1.807) is 17.9 Å². The molecule has 2 amide bonds. The van der Waals surface area contributed by atoms with E-state index in [0.29, 0.717) is 28.9 Å². The molecule has 1 aliphatic heterocycles. The quantitative estimate of drug-likeness (QED) is 0.807. The van der Waals surface area contributed by atoms with Crippen LogP contribution in [0.15, 0.2) is 28.0 Å². The second-order valence-corrected chi connectivity index (χ2v) is 5.47. The van der Waals surface area contributed by atoms with Gasteiger partial charge in [0.15, 0.2) is 0 Å². The molecule has 0 unspecified atom stereocenters. The molecule has 0 saturated carbocycles. The number of H-pyrrole nitrogens is 1. The van der Waals surface area contributed by atoms with Crippen LogP contribution in [0.4, 0.5) is 5.69 Å². The van der Waals surface area contributed by atoms with Crippen molar-refractivity contribution in [2.45, 2.75) is 6.92 Å². The van der Waals surface area contributed by atoms with Gasteiger partial charge in [-0.2, -0.15) is 0 Å². The number of amides is 2. The zero-order chi connectivity index (χ0) is 14.9. The van der Waals surface area contributed by atoms with Gasteiger partial charge in [-0.25, -0.2) is 0 Å². The van der Waals surface area contributed by atoms with Gasteiger partial charge in [-0.05, 0) is 35.0 Å². The minimum Gasteiger partial charge on any atom is -0.337 e. The molecule has 2 rings (SSSR count). The number of nitrogens with one attached hydrogen (secondary N) is 2. The van der Waals surface area contributed by atoms with Crippen molar-refractivity contribution >= 4 is 33.4 Å². The zero-order valence-electron chi connectivity index (χ0n) is 10.9. The molecule has 0 bridgehead atoms. The Morgan fingerprint density at radius 1 is 1.55 bits per heavy atom. The van der Waals surface area contributed by atoms with Gasteiger partial charge in [0.05, 0.1) is 16.1 Å². The lowest BCUT2D eigenvalue weighted by molar-refractivity contribution is -0.137. The Morgan fingerprint density at radius 3 is 2.80 bits per heavy atom. The fraction of sp³-hybridized carbons (Fsp3) is 0.308. The molecule has 20 heavy (non-hydrogen) atoms. The summed E-state index contributed by atoms with van der Waals surface area (Å²) in [5.41, 5.74) is 0.895. The van der Waals surface area contributed by atoms with Crippen LogP contribution >= 0.6 is 15.9 Å². The standard InChI is InChI=1S/C13H14BrN3O3/c1-3-11(18)17-5-8(6-17)12(19)16-10-4-9(14)13(20)15-7(10)2/h3-4,8H,1,5-6H2,2H3,(H,15,20)(H,16,19). The summed E-state index contributed by atoms with van der Waals surface area (Å²) in [4.78, 5) is 38.8. The van der Waals surface area contributed by atoms with E-state index in [2.05, 4.69) is 32.8 Å². The number of anilines is 1. The maximum Gasteiger partial charge on any atom is 0.262 e. The van der Waals surface area contributed by atoms with Gasteiger partial charge >= 0.3 is 0 Å². The van der Waals surface area contributed by atoms with E-state index in [4.69, 9.17) is 0 Å². The Hall–Kier alpha value is -1.89. The van der Waals surface area contributed by atoms with Crippen molar-refractivity contribution < 1.29 is 9.59 Å². The minimum absolute atomic E-state index is 0.167. The van der Waals surface area contributed by atoms with Crippen molar-refractivity contribution in [3.63, 3.8) is 0 Å². The number of aromatic amines is 1. The van der Waals surface area contributed by atoms with Gasteiger partial charge in [-0.1, -0.05) is 6.58 Å². The highest BCUT2D eigenvalue weighted by molar-refractivity contribution is 9.10. The van der Waals surface area contributed by atoms with Crippen molar-refractivity contribution in [2.24, 2.45) is 5.92 Å². The summed E-state index contributed by atoms with van der Waals surface area (Å²) in [7, 11) is 0. The average molecular weight is 340 g/mol. The summed E-state index contributed by atoms with van der Waals surface area (Å²) >= 11 is 3.12. The van der Waals surface area contributed by atoms with Crippen LogP contribution in [-0.4, -0.2) is 34.8 Å². The first-order chi connectivity index (χ1) is 9.42. The fourth-order valence-electron chi connectivity index (χ4n) is 1.92. The van der Waals surface area contributed by atoms with Crippen LogP contribution in [0.5, 0.6) is 0 Å². The van der Waals surface area contributed by atoms with E-state index in [9.17, 15) is 14.4 Å². The fourth-order valence-corrected chi connectivity index (χ4v) is 2.24. The number of rotatable bonds is 3. The second-order valence-electron chi connectivity index (χ2n) is 4.62. The Morgan fingerprint density at radius 2 is 2.20 bits per heavy atom. The van der Waals surface area contributed by atoms with Crippen LogP contribution < -0.4 is 10.9 Å². The highest BCUT2D eigenvalue weighted by Crippen LogP contribution is 2.20. The van der Waals surface area contributed by atoms with Gasteiger partial charge in [-0.3, -0.25) is 14.4 Å². The molecule has 0 spiro atoms. The molecule has 1 saturated heterocycles. The second kappa shape index (κ2) is 5.62. The number of aryl methyl sites for hydroxylation is 1. The number of hydrogen-bond acceptors (Lipinski definition) is 3. The smallest absolute Gasteiger partial charge is 0.262 e. The summed E-state index contributed by atoms with van der Waals surface area (Å²) in [6.07, 6.45) is 1.23. The molecule has 6 nitrogen and oxygen atoms in total. The lowest BCUT2D eigenvalue weighted by Crippen LogP contribution is -2.54. The first-order valence-corrected chi connectivity index (χ1v) is 6.83. The average Bonchev–Trinajstić information content (AvgIpc) is 2.33. The number of likely N-dealkylation sites (tertiary alicyclic amines) is 1. The number of carbonyl (C=O) groups is 2. The van der Waals surface area contributed by atoms with Crippen molar-refractivity contribution in [1.82, 2.24) is 9.88 Å². The van der Waals surface area contributed by atoms with Crippen LogP contribution in [0.2, 0.25) is 0 Å². The van der Waals surface area contributed by atoms with E-state index in [1.807, 2.05) is 0 Å². The molecule has 1 aromatic heterocycles. The molecule has 2 heterocycles. The Labute approximate surface area is 124 Å². The number of hydrogen-bond donors (Lipinski definition) is 2. The first kappa shape index (κ1) is 14.5. The third kappa shape index (κ3) is 2.82. The first-order valence-electron chi connectivity index (χ1n) is 6.04. The molecule has 106 valence electrons. The molecule has 1 aromatic rings. The molecule has 0 radical (unpaired) electrons. The maximum atomic E-state index is 12.0. The van der Waals surface area contributed by atoms with E-state index < -0.39 is 0 Å². The van der Waals surface area contributed by atoms with Crippen LogP contribution in [0.3, 0.4) is 0 Å². The number of nitrogens with zero attached hydrogens (tertiary/aromatic N) is 1. The Bertz CT molecular complexity index is 632. The SMILES string of the molecule is C=CC(=O)N1CC(C(=O)Nc2cc(Br)c(=O)[nH]c2C)C1. The molecule has 0 aliphatic carbocycles. The van der Waals surface area contributed by atoms with E-state index in [-0.39, 0.29) is 23.3 Å². The van der Waals surface area contributed by atoms with Gasteiger partial charge in [-0.15, -0.1) is 0 Å². The zero-order valence-corrected chi connectivity index (χ0v) is 12.5.